The van der Waals surface area contributed by atoms with Crippen LogP contribution in [0.15, 0.2) is 66.9 Å². The van der Waals surface area contributed by atoms with Crippen molar-refractivity contribution < 1.29 is 14.7 Å². The Kier molecular flexibility index (Phi) is 5.42. The Morgan fingerprint density at radius 1 is 1.03 bits per heavy atom. The summed E-state index contributed by atoms with van der Waals surface area (Å²) in [6, 6.07) is 19.5. The van der Waals surface area contributed by atoms with E-state index in [1.54, 1.807) is 10.9 Å². The molecule has 0 saturated heterocycles. The van der Waals surface area contributed by atoms with Crippen LogP contribution in [-0.2, 0) is 11.3 Å². The lowest BCUT2D eigenvalue weighted by Crippen LogP contribution is -2.33. The minimum atomic E-state index is -0.789. The second-order valence-corrected chi connectivity index (χ2v) is 7.46. The zero-order valence-electron chi connectivity index (χ0n) is 16.0. The fourth-order valence-electron chi connectivity index (χ4n) is 3.85. The highest BCUT2D eigenvalue weighted by atomic mass is 16.4. The van der Waals surface area contributed by atoms with Gasteiger partial charge in [-0.2, -0.15) is 5.10 Å². The summed E-state index contributed by atoms with van der Waals surface area (Å²) in [7, 11) is 0. The van der Waals surface area contributed by atoms with Crippen molar-refractivity contribution in [2.24, 2.45) is 5.92 Å². The lowest BCUT2D eigenvalue weighted by molar-refractivity contribution is -0.141. The fourth-order valence-corrected chi connectivity index (χ4v) is 3.85. The minimum Gasteiger partial charge on any atom is -0.481 e. The number of carboxylic acids is 1. The van der Waals surface area contributed by atoms with Crippen molar-refractivity contribution in [1.82, 2.24) is 15.1 Å². The van der Waals surface area contributed by atoms with Crippen LogP contribution in [0.1, 0.15) is 35.2 Å². The number of benzene rings is 2. The van der Waals surface area contributed by atoms with Gasteiger partial charge in [-0.05, 0) is 24.8 Å². The molecule has 1 aromatic heterocycles. The quantitative estimate of drug-likeness (QED) is 0.675. The average Bonchev–Trinajstić information content (AvgIpc) is 3.37. The number of carboxylic acid groups (broad SMARTS) is 1. The second kappa shape index (κ2) is 8.31. The third kappa shape index (κ3) is 4.37. The molecule has 0 spiro atoms. The van der Waals surface area contributed by atoms with Crippen LogP contribution < -0.4 is 5.32 Å². The molecule has 6 nitrogen and oxygen atoms in total. The molecule has 2 N–H and O–H groups in total. The highest BCUT2D eigenvalue weighted by Crippen LogP contribution is 2.27. The normalized spacial score (nSPS) is 18.5. The molecule has 1 aliphatic carbocycles. The van der Waals surface area contributed by atoms with Gasteiger partial charge in [-0.1, -0.05) is 60.7 Å². The van der Waals surface area contributed by atoms with E-state index >= 15 is 0 Å². The Morgan fingerprint density at radius 3 is 2.38 bits per heavy atom. The molecule has 1 aliphatic rings. The van der Waals surface area contributed by atoms with Crippen molar-refractivity contribution >= 4 is 11.9 Å². The number of nitrogens with zero attached hydrogens (tertiary/aromatic N) is 2. The molecule has 2 atom stereocenters. The summed E-state index contributed by atoms with van der Waals surface area (Å²) >= 11 is 0. The van der Waals surface area contributed by atoms with Crippen LogP contribution in [0, 0.1) is 5.92 Å². The Morgan fingerprint density at radius 2 is 1.72 bits per heavy atom. The molecular formula is C23H23N3O3. The van der Waals surface area contributed by atoms with E-state index in [2.05, 4.69) is 10.4 Å². The van der Waals surface area contributed by atoms with Gasteiger partial charge in [0.1, 0.15) is 5.69 Å². The molecule has 148 valence electrons. The van der Waals surface area contributed by atoms with Crippen LogP contribution in [0.25, 0.3) is 11.3 Å². The number of nitrogens with one attached hydrogen (secondary N) is 1. The summed E-state index contributed by atoms with van der Waals surface area (Å²) in [5.74, 6) is -1.38. The number of aliphatic carboxylic acids is 1. The molecule has 1 heterocycles. The number of carbonyl (C=O) groups excluding carboxylic acids is 1. The second-order valence-electron chi connectivity index (χ2n) is 7.46. The standard InChI is InChI=1S/C23H23N3O3/c27-22(24-19-12-11-18(13-19)23(28)29)20-15-26(14-16-7-3-1-4-8-16)25-21(20)17-9-5-2-6-10-17/h1-10,15,18-19H,11-14H2,(H,24,27)(H,28,29)/t18-,19+/m1/s1. The molecule has 1 saturated carbocycles. The molecule has 0 aliphatic heterocycles. The molecule has 1 amide bonds. The smallest absolute Gasteiger partial charge is 0.306 e. The molecule has 4 rings (SSSR count). The molecule has 0 unspecified atom stereocenters. The monoisotopic (exact) mass is 389 g/mol. The van der Waals surface area contributed by atoms with E-state index in [-0.39, 0.29) is 17.9 Å². The highest BCUT2D eigenvalue weighted by molar-refractivity contribution is 6.00. The van der Waals surface area contributed by atoms with Gasteiger partial charge < -0.3 is 10.4 Å². The Bertz CT molecular complexity index is 999. The summed E-state index contributed by atoms with van der Waals surface area (Å²) < 4.78 is 1.78. The van der Waals surface area contributed by atoms with Gasteiger partial charge in [0.25, 0.3) is 5.91 Å². The lowest BCUT2D eigenvalue weighted by atomic mass is 10.1. The summed E-state index contributed by atoms with van der Waals surface area (Å²) in [6.45, 7) is 0.568. The first-order chi connectivity index (χ1) is 14.1. The number of hydrogen-bond acceptors (Lipinski definition) is 3. The van der Waals surface area contributed by atoms with Crippen molar-refractivity contribution in [2.45, 2.75) is 31.8 Å². The number of aromatic nitrogens is 2. The Hall–Kier alpha value is -3.41. The maximum Gasteiger partial charge on any atom is 0.306 e. The van der Waals surface area contributed by atoms with E-state index in [0.717, 1.165) is 11.1 Å². The number of carbonyl (C=O) groups is 2. The predicted octanol–water partition coefficient (Wildman–Crippen LogP) is 3.58. The lowest BCUT2D eigenvalue weighted by Gasteiger charge is -2.12. The topological polar surface area (TPSA) is 84.2 Å². The van der Waals surface area contributed by atoms with Gasteiger partial charge in [0.2, 0.25) is 0 Å². The van der Waals surface area contributed by atoms with E-state index in [4.69, 9.17) is 0 Å². The van der Waals surface area contributed by atoms with Crippen molar-refractivity contribution in [3.63, 3.8) is 0 Å². The first-order valence-electron chi connectivity index (χ1n) is 9.80. The minimum absolute atomic E-state index is 0.121. The predicted molar refractivity (Wildman–Crippen MR) is 109 cm³/mol. The van der Waals surface area contributed by atoms with E-state index in [1.807, 2.05) is 60.7 Å². The van der Waals surface area contributed by atoms with Crippen LogP contribution >= 0.6 is 0 Å². The van der Waals surface area contributed by atoms with Crippen molar-refractivity contribution in [2.75, 3.05) is 0 Å². The van der Waals surface area contributed by atoms with Crippen LogP contribution in [-0.4, -0.2) is 32.8 Å². The van der Waals surface area contributed by atoms with Gasteiger partial charge >= 0.3 is 5.97 Å². The SMILES string of the molecule is O=C(N[C@H]1CC[C@@H](C(=O)O)C1)c1cn(Cc2ccccc2)nc1-c1ccccc1. The number of amides is 1. The number of hydrogen-bond donors (Lipinski definition) is 2. The van der Waals surface area contributed by atoms with Gasteiger partial charge in [0.05, 0.1) is 18.0 Å². The molecule has 1 fully saturated rings. The molecule has 0 radical (unpaired) electrons. The molecule has 3 aromatic rings. The summed E-state index contributed by atoms with van der Waals surface area (Å²) in [5.41, 5.74) is 3.11. The molecule has 29 heavy (non-hydrogen) atoms. The maximum atomic E-state index is 13.0. The molecular weight excluding hydrogens is 366 g/mol. The largest absolute Gasteiger partial charge is 0.481 e. The Balaban J connectivity index is 1.59. The molecule has 2 aromatic carbocycles. The molecule has 6 heteroatoms. The van der Waals surface area contributed by atoms with Crippen molar-refractivity contribution in [3.05, 3.63) is 78.0 Å². The van der Waals surface area contributed by atoms with Crippen LogP contribution in [0.2, 0.25) is 0 Å². The first-order valence-corrected chi connectivity index (χ1v) is 9.80. The van der Waals surface area contributed by atoms with Crippen molar-refractivity contribution in [3.8, 4) is 11.3 Å². The van der Waals surface area contributed by atoms with Crippen LogP contribution in [0.5, 0.6) is 0 Å². The van der Waals surface area contributed by atoms with Gasteiger partial charge in [0, 0.05) is 17.8 Å². The van der Waals surface area contributed by atoms with Crippen LogP contribution in [0.3, 0.4) is 0 Å². The zero-order chi connectivity index (χ0) is 20.2. The highest BCUT2D eigenvalue weighted by Gasteiger charge is 2.31. The third-order valence-electron chi connectivity index (χ3n) is 5.36. The number of rotatable bonds is 6. The summed E-state index contributed by atoms with van der Waals surface area (Å²) in [4.78, 5) is 24.2. The van der Waals surface area contributed by atoms with Gasteiger partial charge in [-0.3, -0.25) is 14.3 Å². The van der Waals surface area contributed by atoms with E-state index in [1.165, 1.54) is 0 Å². The van der Waals surface area contributed by atoms with Gasteiger partial charge in [0.15, 0.2) is 0 Å². The van der Waals surface area contributed by atoms with E-state index in [9.17, 15) is 14.7 Å². The van der Waals surface area contributed by atoms with Crippen LogP contribution in [0.4, 0.5) is 0 Å². The summed E-state index contributed by atoms with van der Waals surface area (Å²) in [5, 5.41) is 16.9. The van der Waals surface area contributed by atoms with Crippen molar-refractivity contribution in [1.29, 1.82) is 0 Å². The average molecular weight is 389 g/mol. The first kappa shape index (κ1) is 18.9. The van der Waals surface area contributed by atoms with Gasteiger partial charge in [-0.25, -0.2) is 0 Å². The summed E-state index contributed by atoms with van der Waals surface area (Å²) in [6.07, 6.45) is 3.52. The van der Waals surface area contributed by atoms with Gasteiger partial charge in [-0.15, -0.1) is 0 Å². The van der Waals surface area contributed by atoms with E-state index in [0.29, 0.717) is 37.1 Å². The molecule has 0 bridgehead atoms. The Labute approximate surface area is 169 Å². The third-order valence-corrected chi connectivity index (χ3v) is 5.36. The van der Waals surface area contributed by atoms with E-state index < -0.39 is 5.97 Å². The maximum absolute atomic E-state index is 13.0. The zero-order valence-corrected chi connectivity index (χ0v) is 16.0. The fraction of sp³-hybridized carbons (Fsp3) is 0.261.